The first-order valence-electron chi connectivity index (χ1n) is 11.7. The highest BCUT2D eigenvalue weighted by Gasteiger charge is 2.28. The summed E-state index contributed by atoms with van der Waals surface area (Å²) in [5.41, 5.74) is 11.0. The van der Waals surface area contributed by atoms with Crippen LogP contribution in [-0.2, 0) is 4.79 Å². The Balaban J connectivity index is 2.36. The van der Waals surface area contributed by atoms with E-state index < -0.39 is 5.41 Å². The molecule has 0 aliphatic carbocycles. The molecule has 3 rings (SSSR count). The van der Waals surface area contributed by atoms with Crippen molar-refractivity contribution in [2.45, 2.75) is 68.7 Å². The monoisotopic (exact) mass is 440 g/mol. The number of benzene rings is 3. The molecule has 0 unspecified atom stereocenters. The Bertz CT molecular complexity index is 1130. The van der Waals surface area contributed by atoms with Gasteiger partial charge in [-0.05, 0) is 86.1 Å². The zero-order valence-electron chi connectivity index (χ0n) is 21.6. The molecule has 0 amide bonds. The molecule has 2 nitrogen and oxygen atoms in total. The quantitative estimate of drug-likeness (QED) is 0.297. The highest BCUT2D eigenvalue weighted by atomic mass is 16.1. The minimum absolute atomic E-state index is 0.0389. The van der Waals surface area contributed by atoms with Crippen LogP contribution in [0, 0.1) is 47.0 Å². The number of aryl methyl sites for hydroxylation is 6. The van der Waals surface area contributed by atoms with Crippen LogP contribution in [0.4, 0.5) is 0 Å². The lowest BCUT2D eigenvalue weighted by Crippen LogP contribution is -2.23. The lowest BCUT2D eigenvalue weighted by molar-refractivity contribution is -0.125. The van der Waals surface area contributed by atoms with Crippen LogP contribution in [0.15, 0.2) is 42.5 Å². The standard InChI is InChI=1S/C31H36O2/c1-18-13-20(3)28(21(4)14-18)24-11-10-12-25(29-22(5)15-19(2)16-23(29)6)30(24)26(32)17-27(33)31(7,8)9/h10-16H,17H2,1-9H3. The normalized spacial score (nSPS) is 11.5. The summed E-state index contributed by atoms with van der Waals surface area (Å²) in [7, 11) is 0. The molecule has 172 valence electrons. The first-order chi connectivity index (χ1) is 15.3. The van der Waals surface area contributed by atoms with E-state index in [9.17, 15) is 9.59 Å². The van der Waals surface area contributed by atoms with Gasteiger partial charge in [-0.2, -0.15) is 0 Å². The van der Waals surface area contributed by atoms with Gasteiger partial charge in [0.25, 0.3) is 0 Å². The molecule has 0 N–H and O–H groups in total. The maximum Gasteiger partial charge on any atom is 0.171 e. The van der Waals surface area contributed by atoms with Gasteiger partial charge in [0.2, 0.25) is 0 Å². The fraction of sp³-hybridized carbons (Fsp3) is 0.355. The molecule has 0 aliphatic rings. The lowest BCUT2D eigenvalue weighted by atomic mass is 9.80. The van der Waals surface area contributed by atoms with Crippen molar-refractivity contribution in [3.63, 3.8) is 0 Å². The van der Waals surface area contributed by atoms with Gasteiger partial charge in [-0.25, -0.2) is 0 Å². The first-order valence-corrected chi connectivity index (χ1v) is 11.7. The van der Waals surface area contributed by atoms with Crippen molar-refractivity contribution in [2.24, 2.45) is 5.41 Å². The first kappa shape index (κ1) is 24.6. The van der Waals surface area contributed by atoms with E-state index in [2.05, 4.69) is 65.8 Å². The molecule has 2 heteroatoms. The van der Waals surface area contributed by atoms with E-state index in [0.717, 1.165) is 44.5 Å². The minimum Gasteiger partial charge on any atom is -0.299 e. The number of Topliss-reactive ketones (excluding diaryl/α,β-unsaturated/α-hetero) is 2. The SMILES string of the molecule is Cc1cc(C)c(-c2cccc(-c3c(C)cc(C)cc3C)c2C(=O)CC(=O)C(C)(C)C)c(C)c1. The number of hydrogen-bond donors (Lipinski definition) is 0. The fourth-order valence-corrected chi connectivity index (χ4v) is 4.98. The van der Waals surface area contributed by atoms with E-state index in [1.165, 1.54) is 11.1 Å². The van der Waals surface area contributed by atoms with E-state index in [4.69, 9.17) is 0 Å². The summed E-state index contributed by atoms with van der Waals surface area (Å²) >= 11 is 0. The third-order valence-electron chi connectivity index (χ3n) is 6.39. The Labute approximate surface area is 199 Å². The number of ketones is 2. The topological polar surface area (TPSA) is 34.1 Å². The Morgan fingerprint density at radius 2 is 1.03 bits per heavy atom. The van der Waals surface area contributed by atoms with Gasteiger partial charge in [-0.15, -0.1) is 0 Å². The molecule has 0 atom stereocenters. The second kappa shape index (κ2) is 9.09. The summed E-state index contributed by atoms with van der Waals surface area (Å²) < 4.78 is 0. The predicted molar refractivity (Wildman–Crippen MR) is 139 cm³/mol. The van der Waals surface area contributed by atoms with Gasteiger partial charge >= 0.3 is 0 Å². The van der Waals surface area contributed by atoms with Crippen LogP contribution in [-0.4, -0.2) is 11.6 Å². The molecule has 0 radical (unpaired) electrons. The highest BCUT2D eigenvalue weighted by molar-refractivity contribution is 6.16. The van der Waals surface area contributed by atoms with Gasteiger partial charge < -0.3 is 0 Å². The molecular weight excluding hydrogens is 404 g/mol. The van der Waals surface area contributed by atoms with Gasteiger partial charge in [0.15, 0.2) is 5.78 Å². The van der Waals surface area contributed by atoms with Crippen LogP contribution in [0.25, 0.3) is 22.3 Å². The Morgan fingerprint density at radius 1 is 0.667 bits per heavy atom. The third-order valence-corrected chi connectivity index (χ3v) is 6.39. The number of hydrogen-bond acceptors (Lipinski definition) is 2. The average molecular weight is 441 g/mol. The zero-order valence-corrected chi connectivity index (χ0v) is 21.6. The second-order valence-corrected chi connectivity index (χ2v) is 10.5. The van der Waals surface area contributed by atoms with Gasteiger partial charge in [0.05, 0.1) is 6.42 Å². The third kappa shape index (κ3) is 5.00. The molecule has 0 saturated carbocycles. The maximum atomic E-state index is 13.8. The summed E-state index contributed by atoms with van der Waals surface area (Å²) in [6.45, 7) is 18.2. The Morgan fingerprint density at radius 3 is 1.36 bits per heavy atom. The van der Waals surface area contributed by atoms with Crippen molar-refractivity contribution in [2.75, 3.05) is 0 Å². The summed E-state index contributed by atoms with van der Waals surface area (Å²) in [6, 6.07) is 14.7. The van der Waals surface area contributed by atoms with E-state index in [1.807, 2.05) is 39.0 Å². The largest absolute Gasteiger partial charge is 0.299 e. The zero-order chi connectivity index (χ0) is 24.7. The number of carbonyl (C=O) groups is 2. The van der Waals surface area contributed by atoms with Crippen molar-refractivity contribution in [3.05, 3.63) is 81.4 Å². The van der Waals surface area contributed by atoms with E-state index in [0.29, 0.717) is 5.56 Å². The average Bonchev–Trinajstić information content (AvgIpc) is 2.65. The van der Waals surface area contributed by atoms with Crippen LogP contribution in [0.3, 0.4) is 0 Å². The van der Waals surface area contributed by atoms with Crippen LogP contribution in [0.1, 0.15) is 70.9 Å². The van der Waals surface area contributed by atoms with Gasteiger partial charge in [0, 0.05) is 11.0 Å². The summed E-state index contributed by atoms with van der Waals surface area (Å²) in [6.07, 6.45) is -0.0958. The molecular formula is C31H36O2. The highest BCUT2D eigenvalue weighted by Crippen LogP contribution is 2.39. The molecule has 33 heavy (non-hydrogen) atoms. The minimum atomic E-state index is -0.559. The summed E-state index contributed by atoms with van der Waals surface area (Å²) in [4.78, 5) is 26.7. The molecule has 3 aromatic carbocycles. The van der Waals surface area contributed by atoms with E-state index in [1.54, 1.807) is 0 Å². The van der Waals surface area contributed by atoms with Crippen LogP contribution < -0.4 is 0 Å². The van der Waals surface area contributed by atoms with Gasteiger partial charge in [0.1, 0.15) is 5.78 Å². The van der Waals surface area contributed by atoms with Crippen molar-refractivity contribution < 1.29 is 9.59 Å². The molecule has 0 heterocycles. The molecule has 0 bridgehead atoms. The molecule has 0 saturated heterocycles. The smallest absolute Gasteiger partial charge is 0.171 e. The van der Waals surface area contributed by atoms with Crippen molar-refractivity contribution in [1.29, 1.82) is 0 Å². The van der Waals surface area contributed by atoms with Crippen molar-refractivity contribution in [1.82, 2.24) is 0 Å². The predicted octanol–water partition coefficient (Wildman–Crippen LogP) is 8.06. The summed E-state index contributed by atoms with van der Waals surface area (Å²) in [5, 5.41) is 0. The second-order valence-electron chi connectivity index (χ2n) is 10.5. The van der Waals surface area contributed by atoms with Gasteiger partial charge in [-0.1, -0.05) is 74.4 Å². The molecule has 0 spiro atoms. The van der Waals surface area contributed by atoms with Crippen LogP contribution in [0.5, 0.6) is 0 Å². The van der Waals surface area contributed by atoms with Crippen molar-refractivity contribution in [3.8, 4) is 22.3 Å². The molecule has 0 fully saturated rings. The van der Waals surface area contributed by atoms with Crippen LogP contribution in [0.2, 0.25) is 0 Å². The summed E-state index contributed by atoms with van der Waals surface area (Å²) in [5.74, 6) is -0.151. The lowest BCUT2D eigenvalue weighted by Gasteiger charge is -2.22. The number of rotatable bonds is 5. The molecule has 3 aromatic rings. The number of carbonyl (C=O) groups excluding carboxylic acids is 2. The Kier molecular flexibility index (Phi) is 6.79. The van der Waals surface area contributed by atoms with E-state index >= 15 is 0 Å². The van der Waals surface area contributed by atoms with Crippen molar-refractivity contribution >= 4 is 11.6 Å². The van der Waals surface area contributed by atoms with Gasteiger partial charge in [-0.3, -0.25) is 9.59 Å². The van der Waals surface area contributed by atoms with Crippen LogP contribution >= 0.6 is 0 Å². The fourth-order valence-electron chi connectivity index (χ4n) is 4.98. The maximum absolute atomic E-state index is 13.8. The molecule has 0 aliphatic heterocycles. The molecule has 0 aromatic heterocycles. The van der Waals surface area contributed by atoms with E-state index in [-0.39, 0.29) is 18.0 Å². The Hall–Kier alpha value is -3.00.